The number of carbonyl (C=O) groups excluding carboxylic acids is 1. The van der Waals surface area contributed by atoms with Crippen LogP contribution in [0.5, 0.6) is 0 Å². The maximum absolute atomic E-state index is 13.0. The minimum absolute atomic E-state index is 0.0175. The molecule has 5 rings (SSSR count). The van der Waals surface area contributed by atoms with Gasteiger partial charge in [0.25, 0.3) is 11.5 Å². The Morgan fingerprint density at radius 1 is 0.938 bits per heavy atom. The fourth-order valence-corrected chi connectivity index (χ4v) is 4.08. The number of benzene rings is 2. The van der Waals surface area contributed by atoms with Crippen LogP contribution < -0.4 is 10.5 Å². The maximum atomic E-state index is 13.0. The number of amides is 1. The Hall–Kier alpha value is -4.07. The molecule has 32 heavy (non-hydrogen) atoms. The van der Waals surface area contributed by atoms with Crippen LogP contribution in [0.15, 0.2) is 71.9 Å². The minimum atomic E-state index is -0.118. The van der Waals surface area contributed by atoms with Gasteiger partial charge in [0, 0.05) is 44.1 Å². The fraction of sp³-hybridized carbons (Fsp3) is 0.208. The summed E-state index contributed by atoms with van der Waals surface area (Å²) in [5.74, 6) is 1.41. The molecule has 1 aliphatic heterocycles. The lowest BCUT2D eigenvalue weighted by Gasteiger charge is -2.35. The lowest BCUT2D eigenvalue weighted by atomic mass is 10.1. The Labute approximate surface area is 184 Å². The van der Waals surface area contributed by atoms with E-state index in [1.54, 1.807) is 53.5 Å². The van der Waals surface area contributed by atoms with Crippen LogP contribution in [0.4, 0.5) is 5.82 Å². The second-order valence-corrected chi connectivity index (χ2v) is 7.71. The molecule has 0 aliphatic carbocycles. The predicted octanol–water partition coefficient (Wildman–Crippen LogP) is 2.45. The summed E-state index contributed by atoms with van der Waals surface area (Å²) in [5, 5.41) is 0.569. The zero-order valence-electron chi connectivity index (χ0n) is 17.7. The summed E-state index contributed by atoms with van der Waals surface area (Å²) in [7, 11) is 0. The van der Waals surface area contributed by atoms with Gasteiger partial charge < -0.3 is 9.80 Å². The van der Waals surface area contributed by atoms with Gasteiger partial charge in [-0.05, 0) is 43.3 Å². The number of nitrogens with zero attached hydrogens (tertiary/aromatic N) is 6. The smallest absolute Gasteiger partial charge is 0.265 e. The molecule has 0 saturated carbocycles. The van der Waals surface area contributed by atoms with Gasteiger partial charge in [0.1, 0.15) is 11.6 Å². The van der Waals surface area contributed by atoms with E-state index in [2.05, 4.69) is 19.9 Å². The molecule has 1 saturated heterocycles. The molecular formula is C24H22N6O2. The van der Waals surface area contributed by atoms with Crippen molar-refractivity contribution in [1.29, 1.82) is 0 Å². The Kier molecular flexibility index (Phi) is 5.10. The number of aryl methyl sites for hydroxylation is 1. The number of fused-ring (bicyclic) bond motifs is 1. The van der Waals surface area contributed by atoms with E-state index in [9.17, 15) is 9.59 Å². The first-order valence-electron chi connectivity index (χ1n) is 10.5. The van der Waals surface area contributed by atoms with Crippen molar-refractivity contribution >= 4 is 22.6 Å². The molecule has 1 amide bonds. The molecule has 0 unspecified atom stereocenters. The van der Waals surface area contributed by atoms with Crippen molar-refractivity contribution in [2.24, 2.45) is 0 Å². The summed E-state index contributed by atoms with van der Waals surface area (Å²) in [6.45, 7) is 4.46. The van der Waals surface area contributed by atoms with Crippen LogP contribution in [-0.4, -0.2) is 56.5 Å². The highest BCUT2D eigenvalue weighted by Crippen LogP contribution is 2.17. The van der Waals surface area contributed by atoms with Gasteiger partial charge in [-0.2, -0.15) is 0 Å². The number of carbonyl (C=O) groups is 1. The van der Waals surface area contributed by atoms with Crippen LogP contribution in [0.3, 0.4) is 0 Å². The first-order chi connectivity index (χ1) is 15.6. The molecule has 2 aromatic carbocycles. The molecule has 0 spiro atoms. The van der Waals surface area contributed by atoms with E-state index in [1.165, 1.54) is 0 Å². The first-order valence-corrected chi connectivity index (χ1v) is 10.5. The summed E-state index contributed by atoms with van der Waals surface area (Å²) in [6, 6.07) is 14.4. The SMILES string of the molecule is Cc1nc2ccccc2c(=O)n1-c1ccc(C(=O)N2CCN(c3cnccn3)CC2)cc1. The zero-order valence-corrected chi connectivity index (χ0v) is 17.7. The standard InChI is InChI=1S/C24H22N6O2/c1-17-27-21-5-3-2-4-20(21)24(32)30(17)19-8-6-18(7-9-19)23(31)29-14-12-28(13-15-29)22-16-25-10-11-26-22/h2-11,16H,12-15H2,1H3. The van der Waals surface area contributed by atoms with Crippen LogP contribution in [0.25, 0.3) is 16.6 Å². The van der Waals surface area contributed by atoms with Gasteiger partial charge in [-0.15, -0.1) is 0 Å². The third kappa shape index (κ3) is 3.60. The normalized spacial score (nSPS) is 14.0. The molecule has 2 aromatic heterocycles. The van der Waals surface area contributed by atoms with E-state index in [0.717, 1.165) is 5.82 Å². The van der Waals surface area contributed by atoms with Crippen molar-refractivity contribution in [3.63, 3.8) is 0 Å². The van der Waals surface area contributed by atoms with Crippen LogP contribution >= 0.6 is 0 Å². The summed E-state index contributed by atoms with van der Waals surface area (Å²) in [6.07, 6.45) is 5.06. The highest BCUT2D eigenvalue weighted by Gasteiger charge is 2.23. The largest absolute Gasteiger partial charge is 0.352 e. The molecule has 8 nitrogen and oxygen atoms in total. The Morgan fingerprint density at radius 3 is 2.41 bits per heavy atom. The highest BCUT2D eigenvalue weighted by molar-refractivity contribution is 5.94. The van der Waals surface area contributed by atoms with E-state index in [-0.39, 0.29) is 11.5 Å². The van der Waals surface area contributed by atoms with E-state index >= 15 is 0 Å². The van der Waals surface area contributed by atoms with Gasteiger partial charge in [0.15, 0.2) is 0 Å². The maximum Gasteiger partial charge on any atom is 0.265 e. The number of hydrogen-bond acceptors (Lipinski definition) is 6. The highest BCUT2D eigenvalue weighted by atomic mass is 16.2. The zero-order chi connectivity index (χ0) is 22.1. The van der Waals surface area contributed by atoms with Crippen molar-refractivity contribution in [2.75, 3.05) is 31.1 Å². The summed E-state index contributed by atoms with van der Waals surface area (Å²) in [5.41, 5.74) is 1.85. The first kappa shape index (κ1) is 19.9. The lowest BCUT2D eigenvalue weighted by Crippen LogP contribution is -2.49. The quantitative estimate of drug-likeness (QED) is 0.500. The molecule has 1 aliphatic rings. The lowest BCUT2D eigenvalue weighted by molar-refractivity contribution is 0.0746. The van der Waals surface area contributed by atoms with Gasteiger partial charge in [0.05, 0.1) is 22.8 Å². The van der Waals surface area contributed by atoms with Gasteiger partial charge in [0.2, 0.25) is 0 Å². The van der Waals surface area contributed by atoms with E-state index in [4.69, 9.17) is 0 Å². The summed E-state index contributed by atoms with van der Waals surface area (Å²) < 4.78 is 1.58. The van der Waals surface area contributed by atoms with Crippen molar-refractivity contribution in [1.82, 2.24) is 24.4 Å². The number of aromatic nitrogens is 4. The van der Waals surface area contributed by atoms with Gasteiger partial charge in [-0.1, -0.05) is 12.1 Å². The molecule has 4 aromatic rings. The van der Waals surface area contributed by atoms with Gasteiger partial charge in [-0.25, -0.2) is 9.97 Å². The molecule has 160 valence electrons. The number of piperazine rings is 1. The van der Waals surface area contributed by atoms with Crippen LogP contribution in [0, 0.1) is 6.92 Å². The Balaban J connectivity index is 1.34. The monoisotopic (exact) mass is 426 g/mol. The van der Waals surface area contributed by atoms with E-state index < -0.39 is 0 Å². The molecular weight excluding hydrogens is 404 g/mol. The summed E-state index contributed by atoms with van der Waals surface area (Å²) >= 11 is 0. The average Bonchev–Trinajstić information content (AvgIpc) is 2.85. The number of anilines is 1. The van der Waals surface area contributed by atoms with Gasteiger partial charge in [-0.3, -0.25) is 19.1 Å². The molecule has 0 radical (unpaired) electrons. The van der Waals surface area contributed by atoms with Crippen LogP contribution in [0.2, 0.25) is 0 Å². The van der Waals surface area contributed by atoms with Crippen molar-refractivity contribution in [3.05, 3.63) is 88.9 Å². The van der Waals surface area contributed by atoms with Gasteiger partial charge >= 0.3 is 0 Å². The Morgan fingerprint density at radius 2 is 1.69 bits per heavy atom. The van der Waals surface area contributed by atoms with E-state index in [1.807, 2.05) is 30.0 Å². The number of hydrogen-bond donors (Lipinski definition) is 0. The van der Waals surface area contributed by atoms with Crippen molar-refractivity contribution in [2.45, 2.75) is 6.92 Å². The molecule has 8 heteroatoms. The topological polar surface area (TPSA) is 84.2 Å². The fourth-order valence-electron chi connectivity index (χ4n) is 4.08. The number of rotatable bonds is 3. The molecule has 0 bridgehead atoms. The molecule has 1 fully saturated rings. The predicted molar refractivity (Wildman–Crippen MR) is 122 cm³/mol. The van der Waals surface area contributed by atoms with E-state index in [0.29, 0.717) is 54.2 Å². The minimum Gasteiger partial charge on any atom is -0.352 e. The second kappa shape index (κ2) is 8.22. The summed E-state index contributed by atoms with van der Waals surface area (Å²) in [4.78, 5) is 43.0. The van der Waals surface area contributed by atoms with Crippen molar-refractivity contribution < 1.29 is 4.79 Å². The molecule has 3 heterocycles. The van der Waals surface area contributed by atoms with Crippen LogP contribution in [-0.2, 0) is 0 Å². The third-order valence-electron chi connectivity index (χ3n) is 5.76. The third-order valence-corrected chi connectivity index (χ3v) is 5.76. The van der Waals surface area contributed by atoms with Crippen LogP contribution in [0.1, 0.15) is 16.2 Å². The Bertz CT molecular complexity index is 1330. The van der Waals surface area contributed by atoms with Crippen molar-refractivity contribution in [3.8, 4) is 5.69 Å². The molecule has 0 atom stereocenters. The molecule has 0 N–H and O–H groups in total. The second-order valence-electron chi connectivity index (χ2n) is 7.71. The average molecular weight is 426 g/mol. The number of para-hydroxylation sites is 1.